The van der Waals surface area contributed by atoms with E-state index in [1.165, 1.54) is 28.5 Å². The first-order valence-corrected chi connectivity index (χ1v) is 12.5. The quantitative estimate of drug-likeness (QED) is 0.201. The first kappa shape index (κ1) is 24.6. The van der Waals surface area contributed by atoms with Crippen LogP contribution < -0.4 is 9.96 Å². The van der Waals surface area contributed by atoms with E-state index in [-0.39, 0.29) is 22.9 Å². The fraction of sp³-hybridized carbons (Fsp3) is 0.269. The van der Waals surface area contributed by atoms with Gasteiger partial charge in [-0.2, -0.15) is 0 Å². The van der Waals surface area contributed by atoms with E-state index in [9.17, 15) is 24.5 Å². The Morgan fingerprint density at radius 2 is 1.76 bits per heavy atom. The largest absolute Gasteiger partial charge is 0.462 e. The minimum atomic E-state index is -1.13. The Hall–Kier alpha value is -4.09. The highest BCUT2D eigenvalue weighted by Gasteiger charge is 2.61. The number of aryl methyl sites for hydroxylation is 1. The van der Waals surface area contributed by atoms with Crippen LogP contribution >= 0.6 is 11.3 Å². The maximum Gasteiger partial charge on any atom is 0.341 e. The molecule has 0 bridgehead atoms. The molecule has 2 amide bonds. The zero-order valence-corrected chi connectivity index (χ0v) is 21.1. The van der Waals surface area contributed by atoms with E-state index in [1.807, 2.05) is 13.0 Å². The van der Waals surface area contributed by atoms with Gasteiger partial charge in [0.1, 0.15) is 10.9 Å². The van der Waals surface area contributed by atoms with Crippen LogP contribution in [0.4, 0.5) is 16.4 Å². The number of ether oxygens (including phenoxy) is 1. The Kier molecular flexibility index (Phi) is 6.26. The Morgan fingerprint density at radius 1 is 1.08 bits per heavy atom. The topological polar surface area (TPSA) is 119 Å². The van der Waals surface area contributed by atoms with Gasteiger partial charge in [0.2, 0.25) is 5.91 Å². The van der Waals surface area contributed by atoms with E-state index in [1.54, 1.807) is 50.2 Å². The average molecular weight is 522 g/mol. The molecule has 10 nitrogen and oxygen atoms in total. The van der Waals surface area contributed by atoms with Crippen molar-refractivity contribution in [2.75, 3.05) is 16.6 Å². The first-order valence-electron chi connectivity index (χ1n) is 11.6. The van der Waals surface area contributed by atoms with Gasteiger partial charge in [-0.1, -0.05) is 30.3 Å². The molecule has 0 N–H and O–H groups in total. The summed E-state index contributed by atoms with van der Waals surface area (Å²) >= 11 is 1.18. The van der Waals surface area contributed by atoms with Crippen LogP contribution in [0.5, 0.6) is 0 Å². The van der Waals surface area contributed by atoms with Crippen molar-refractivity contribution in [3.63, 3.8) is 0 Å². The number of esters is 1. The lowest BCUT2D eigenvalue weighted by molar-refractivity contribution is -0.384. The number of non-ortho nitro benzene ring substituents is 1. The number of benzene rings is 2. The highest BCUT2D eigenvalue weighted by Crippen LogP contribution is 2.49. The third-order valence-corrected chi connectivity index (χ3v) is 7.81. The number of para-hydroxylation sites is 1. The van der Waals surface area contributed by atoms with Crippen molar-refractivity contribution in [1.29, 1.82) is 0 Å². The van der Waals surface area contributed by atoms with Crippen molar-refractivity contribution < 1.29 is 28.9 Å². The van der Waals surface area contributed by atoms with Crippen LogP contribution in [0.3, 0.4) is 0 Å². The number of nitro benzene ring substituents is 1. The number of hydroxylamine groups is 1. The van der Waals surface area contributed by atoms with Crippen LogP contribution in [0.25, 0.3) is 0 Å². The zero-order chi connectivity index (χ0) is 26.4. The van der Waals surface area contributed by atoms with Crippen LogP contribution in [0, 0.1) is 29.9 Å². The summed E-state index contributed by atoms with van der Waals surface area (Å²) in [5.41, 5.74) is 1.95. The van der Waals surface area contributed by atoms with Crippen molar-refractivity contribution in [3.05, 3.63) is 86.3 Å². The molecule has 3 heterocycles. The van der Waals surface area contributed by atoms with E-state index in [0.717, 1.165) is 9.78 Å². The number of nitro groups is 1. The third kappa shape index (κ3) is 3.96. The Balaban J connectivity index is 1.59. The second-order valence-corrected chi connectivity index (χ2v) is 9.91. The first-order chi connectivity index (χ1) is 17.7. The molecule has 0 spiro atoms. The number of amides is 2. The fourth-order valence-corrected chi connectivity index (χ4v) is 5.91. The average Bonchev–Trinajstić information content (AvgIpc) is 3.50. The van der Waals surface area contributed by atoms with Gasteiger partial charge in [-0.05, 0) is 44.0 Å². The van der Waals surface area contributed by atoms with E-state index in [2.05, 4.69) is 0 Å². The smallest absolute Gasteiger partial charge is 0.341 e. The van der Waals surface area contributed by atoms with Crippen LogP contribution in [-0.4, -0.2) is 35.4 Å². The van der Waals surface area contributed by atoms with E-state index >= 15 is 0 Å². The normalized spacial score (nSPS) is 20.9. The number of imide groups is 1. The van der Waals surface area contributed by atoms with E-state index < -0.39 is 40.8 Å². The Bertz CT molecular complexity index is 1400. The summed E-state index contributed by atoms with van der Waals surface area (Å²) in [6.45, 7) is 5.40. The molecule has 5 rings (SSSR count). The Morgan fingerprint density at radius 3 is 2.38 bits per heavy atom. The third-order valence-electron chi connectivity index (χ3n) is 6.62. The van der Waals surface area contributed by atoms with Gasteiger partial charge in [0.05, 0.1) is 28.8 Å². The van der Waals surface area contributed by atoms with Crippen molar-refractivity contribution in [1.82, 2.24) is 0 Å². The van der Waals surface area contributed by atoms with Gasteiger partial charge in [-0.25, -0.2) is 14.8 Å². The molecule has 2 aliphatic heterocycles. The lowest BCUT2D eigenvalue weighted by Gasteiger charge is -2.28. The molecular formula is C26H23N3O7S. The van der Waals surface area contributed by atoms with Crippen LogP contribution in [0.15, 0.2) is 54.6 Å². The number of hydrogen-bond donors (Lipinski definition) is 0. The molecule has 3 atom stereocenters. The van der Waals surface area contributed by atoms with Crippen molar-refractivity contribution in [3.8, 4) is 0 Å². The van der Waals surface area contributed by atoms with E-state index in [0.29, 0.717) is 16.8 Å². The number of fused-ring (bicyclic) bond motifs is 1. The molecule has 11 heteroatoms. The molecule has 3 aromatic rings. The predicted molar refractivity (Wildman–Crippen MR) is 135 cm³/mol. The summed E-state index contributed by atoms with van der Waals surface area (Å²) in [4.78, 5) is 59.0. The molecule has 2 saturated heterocycles. The van der Waals surface area contributed by atoms with Gasteiger partial charge < -0.3 is 4.74 Å². The molecular weight excluding hydrogens is 498 g/mol. The molecule has 0 saturated carbocycles. The molecule has 0 radical (unpaired) electrons. The van der Waals surface area contributed by atoms with Gasteiger partial charge in [-0.15, -0.1) is 11.3 Å². The highest BCUT2D eigenvalue weighted by atomic mass is 32.1. The predicted octanol–water partition coefficient (Wildman–Crippen LogP) is 4.50. The second kappa shape index (κ2) is 9.41. The van der Waals surface area contributed by atoms with Crippen molar-refractivity contribution >= 4 is 45.5 Å². The van der Waals surface area contributed by atoms with Gasteiger partial charge in [-0.3, -0.25) is 24.5 Å². The number of nitrogens with zero attached hydrogens (tertiary/aromatic N) is 3. The molecule has 2 aliphatic rings. The summed E-state index contributed by atoms with van der Waals surface area (Å²) in [5.74, 6) is -2.63. The maximum absolute atomic E-state index is 13.9. The molecule has 1 aromatic heterocycles. The van der Waals surface area contributed by atoms with Crippen LogP contribution in [0.1, 0.15) is 39.3 Å². The summed E-state index contributed by atoms with van der Waals surface area (Å²) in [6, 6.07) is 14.1. The summed E-state index contributed by atoms with van der Waals surface area (Å²) in [6.07, 6.45) is -1.13. The number of anilines is 2. The lowest BCUT2D eigenvalue weighted by atomic mass is 9.90. The molecule has 0 unspecified atom stereocenters. The van der Waals surface area contributed by atoms with Crippen molar-refractivity contribution in [2.24, 2.45) is 5.92 Å². The SMILES string of the molecule is CCOC(=O)c1c(N2C(=O)[C@H]3[C@H](ON(c4ccccc4)[C@H]3c3ccc([N+](=O)[O-])cc3)C2=O)sc(C)c1C. The molecule has 37 heavy (non-hydrogen) atoms. The summed E-state index contributed by atoms with van der Waals surface area (Å²) in [7, 11) is 0. The number of carbonyl (C=O) groups is 3. The molecule has 2 fully saturated rings. The monoisotopic (exact) mass is 521 g/mol. The van der Waals surface area contributed by atoms with E-state index in [4.69, 9.17) is 9.57 Å². The Labute approximate surface area is 216 Å². The fourth-order valence-electron chi connectivity index (χ4n) is 4.76. The van der Waals surface area contributed by atoms with Crippen molar-refractivity contribution in [2.45, 2.75) is 32.9 Å². The molecule has 0 aliphatic carbocycles. The standard InChI is InChI=1S/C26H23N3O7S/c1-4-35-26(32)19-14(2)15(3)37-25(19)27-23(30)20-21(16-10-12-18(13-11-16)29(33)34)28(36-22(20)24(27)31)17-8-6-5-7-9-17/h5-13,20-22H,4H2,1-3H3/t20-,21+,22+/m1/s1. The summed E-state index contributed by atoms with van der Waals surface area (Å²) < 4.78 is 5.21. The van der Waals surface area contributed by atoms with Crippen LogP contribution in [-0.2, 0) is 19.2 Å². The number of rotatable bonds is 6. The minimum Gasteiger partial charge on any atom is -0.462 e. The van der Waals surface area contributed by atoms with Crippen LogP contribution in [0.2, 0.25) is 0 Å². The highest BCUT2D eigenvalue weighted by molar-refractivity contribution is 7.17. The second-order valence-electron chi connectivity index (χ2n) is 8.70. The van der Waals surface area contributed by atoms with Gasteiger partial charge in [0, 0.05) is 17.0 Å². The van der Waals surface area contributed by atoms with Gasteiger partial charge >= 0.3 is 5.97 Å². The molecule has 2 aromatic carbocycles. The number of hydrogen-bond acceptors (Lipinski definition) is 9. The number of carbonyl (C=O) groups excluding carboxylic acids is 3. The summed E-state index contributed by atoms with van der Waals surface area (Å²) in [5, 5.41) is 12.9. The maximum atomic E-state index is 13.9. The zero-order valence-electron chi connectivity index (χ0n) is 20.2. The van der Waals surface area contributed by atoms with Gasteiger partial charge in [0.15, 0.2) is 6.10 Å². The lowest BCUT2D eigenvalue weighted by Crippen LogP contribution is -2.37. The molecule has 190 valence electrons. The number of thiophene rings is 1. The van der Waals surface area contributed by atoms with Gasteiger partial charge in [0.25, 0.3) is 11.6 Å². The minimum absolute atomic E-state index is 0.0930.